The quantitative estimate of drug-likeness (QED) is 0.843. The second kappa shape index (κ2) is 4.98. The van der Waals surface area contributed by atoms with Crippen LogP contribution in [0.3, 0.4) is 0 Å². The van der Waals surface area contributed by atoms with E-state index in [4.69, 9.17) is 5.26 Å². The Labute approximate surface area is 96.5 Å². The van der Waals surface area contributed by atoms with Crippen LogP contribution in [0, 0.1) is 23.2 Å². The Morgan fingerprint density at radius 3 is 3.06 bits per heavy atom. The predicted octanol–water partition coefficient (Wildman–Crippen LogP) is 2.80. The zero-order chi connectivity index (χ0) is 11.4. The maximum absolute atomic E-state index is 8.74. The molecule has 0 saturated heterocycles. The molecule has 3 heteroatoms. The summed E-state index contributed by atoms with van der Waals surface area (Å²) in [7, 11) is 0. The molecule has 0 aliphatic heterocycles. The van der Waals surface area contributed by atoms with Crippen LogP contribution in [0.2, 0.25) is 0 Å². The number of rotatable bonds is 3. The third kappa shape index (κ3) is 2.52. The average Bonchev–Trinajstić information content (AvgIpc) is 2.72. The fourth-order valence-electron chi connectivity index (χ4n) is 2.36. The first-order chi connectivity index (χ1) is 7.79. The second-order valence-electron chi connectivity index (χ2n) is 4.57. The van der Waals surface area contributed by atoms with Crippen LogP contribution in [0.4, 0.5) is 5.82 Å². The molecule has 3 nitrogen and oxygen atoms in total. The minimum Gasteiger partial charge on any atom is -0.370 e. The Balaban J connectivity index is 1.92. The van der Waals surface area contributed by atoms with Gasteiger partial charge in [0.25, 0.3) is 0 Å². The highest BCUT2D eigenvalue weighted by Gasteiger charge is 2.22. The molecule has 2 atom stereocenters. The molecule has 0 bridgehead atoms. The Morgan fingerprint density at radius 1 is 1.50 bits per heavy atom. The van der Waals surface area contributed by atoms with Crippen LogP contribution in [0.5, 0.6) is 0 Å². The summed E-state index contributed by atoms with van der Waals surface area (Å²) in [5, 5.41) is 12.1. The van der Waals surface area contributed by atoms with Crippen molar-refractivity contribution >= 4 is 5.82 Å². The molecule has 1 fully saturated rings. The summed E-state index contributed by atoms with van der Waals surface area (Å²) >= 11 is 0. The van der Waals surface area contributed by atoms with E-state index in [1.54, 1.807) is 6.07 Å². The third-order valence-corrected chi connectivity index (χ3v) is 3.45. The van der Waals surface area contributed by atoms with Gasteiger partial charge in [0, 0.05) is 6.54 Å². The lowest BCUT2D eigenvalue weighted by molar-refractivity contribution is 0.439. The van der Waals surface area contributed by atoms with Gasteiger partial charge in [-0.1, -0.05) is 25.8 Å². The number of aromatic nitrogens is 1. The van der Waals surface area contributed by atoms with Gasteiger partial charge in [-0.3, -0.25) is 0 Å². The normalized spacial score (nSPS) is 24.0. The van der Waals surface area contributed by atoms with E-state index in [2.05, 4.69) is 23.3 Å². The average molecular weight is 215 g/mol. The monoisotopic (exact) mass is 215 g/mol. The molecule has 84 valence electrons. The standard InChI is InChI=1S/C13H17N3/c1-10-4-2-5-11(10)9-15-13-7-3-6-12(8-14)16-13/h3,6-7,10-11H,2,4-5,9H2,1H3,(H,15,16). The molecule has 16 heavy (non-hydrogen) atoms. The van der Waals surface area contributed by atoms with Gasteiger partial charge in [-0.15, -0.1) is 0 Å². The molecular formula is C13H17N3. The first kappa shape index (κ1) is 10.9. The van der Waals surface area contributed by atoms with Gasteiger partial charge in [0.2, 0.25) is 0 Å². The summed E-state index contributed by atoms with van der Waals surface area (Å²) in [6, 6.07) is 7.56. The maximum atomic E-state index is 8.74. The van der Waals surface area contributed by atoms with Crippen molar-refractivity contribution in [2.45, 2.75) is 26.2 Å². The van der Waals surface area contributed by atoms with E-state index in [1.807, 2.05) is 12.1 Å². The molecule has 1 saturated carbocycles. The number of pyridine rings is 1. The third-order valence-electron chi connectivity index (χ3n) is 3.45. The van der Waals surface area contributed by atoms with Crippen molar-refractivity contribution in [2.75, 3.05) is 11.9 Å². The molecular weight excluding hydrogens is 198 g/mol. The molecule has 2 rings (SSSR count). The fraction of sp³-hybridized carbons (Fsp3) is 0.538. The lowest BCUT2D eigenvalue weighted by atomic mass is 9.98. The minimum absolute atomic E-state index is 0.476. The molecule has 0 radical (unpaired) electrons. The van der Waals surface area contributed by atoms with Crippen molar-refractivity contribution in [3.8, 4) is 6.07 Å². The van der Waals surface area contributed by atoms with Crippen molar-refractivity contribution < 1.29 is 0 Å². The van der Waals surface area contributed by atoms with E-state index in [1.165, 1.54) is 19.3 Å². The highest BCUT2D eigenvalue weighted by Crippen LogP contribution is 2.30. The summed E-state index contributed by atoms with van der Waals surface area (Å²) in [6.07, 6.45) is 4.00. The highest BCUT2D eigenvalue weighted by atomic mass is 15.0. The largest absolute Gasteiger partial charge is 0.370 e. The minimum atomic E-state index is 0.476. The summed E-state index contributed by atoms with van der Waals surface area (Å²) in [5.74, 6) is 2.39. The second-order valence-corrected chi connectivity index (χ2v) is 4.57. The zero-order valence-electron chi connectivity index (χ0n) is 9.61. The molecule has 0 spiro atoms. The van der Waals surface area contributed by atoms with Crippen LogP contribution in [0.15, 0.2) is 18.2 Å². The summed E-state index contributed by atoms with van der Waals surface area (Å²) in [5.41, 5.74) is 0.476. The molecule has 1 aromatic heterocycles. The number of nitriles is 1. The van der Waals surface area contributed by atoms with Gasteiger partial charge >= 0.3 is 0 Å². The van der Waals surface area contributed by atoms with Crippen LogP contribution in [0.25, 0.3) is 0 Å². The van der Waals surface area contributed by atoms with Gasteiger partial charge in [-0.2, -0.15) is 5.26 Å². The number of hydrogen-bond acceptors (Lipinski definition) is 3. The Hall–Kier alpha value is -1.56. The molecule has 0 aromatic carbocycles. The zero-order valence-corrected chi connectivity index (χ0v) is 9.61. The van der Waals surface area contributed by atoms with Gasteiger partial charge in [0.1, 0.15) is 17.6 Å². The predicted molar refractivity (Wildman–Crippen MR) is 63.9 cm³/mol. The molecule has 1 heterocycles. The van der Waals surface area contributed by atoms with Gasteiger partial charge in [-0.05, 0) is 30.4 Å². The topological polar surface area (TPSA) is 48.7 Å². The van der Waals surface area contributed by atoms with E-state index in [9.17, 15) is 0 Å². The van der Waals surface area contributed by atoms with E-state index < -0.39 is 0 Å². The lowest BCUT2D eigenvalue weighted by Gasteiger charge is -2.16. The number of nitrogens with zero attached hydrogens (tertiary/aromatic N) is 2. The van der Waals surface area contributed by atoms with Crippen molar-refractivity contribution in [3.05, 3.63) is 23.9 Å². The molecule has 1 aliphatic carbocycles. The molecule has 1 aliphatic rings. The van der Waals surface area contributed by atoms with Crippen molar-refractivity contribution in [3.63, 3.8) is 0 Å². The van der Waals surface area contributed by atoms with Crippen LogP contribution in [-0.2, 0) is 0 Å². The Kier molecular flexibility index (Phi) is 3.40. The van der Waals surface area contributed by atoms with Gasteiger partial charge in [0.05, 0.1) is 0 Å². The van der Waals surface area contributed by atoms with E-state index in [0.29, 0.717) is 5.69 Å². The fourth-order valence-corrected chi connectivity index (χ4v) is 2.36. The molecule has 0 amide bonds. The van der Waals surface area contributed by atoms with Gasteiger partial charge in [0.15, 0.2) is 0 Å². The molecule has 1 aromatic rings. The molecule has 2 unspecified atom stereocenters. The van der Waals surface area contributed by atoms with Crippen LogP contribution >= 0.6 is 0 Å². The molecule has 1 N–H and O–H groups in total. The van der Waals surface area contributed by atoms with Gasteiger partial charge in [-0.25, -0.2) is 4.98 Å². The van der Waals surface area contributed by atoms with Crippen molar-refractivity contribution in [2.24, 2.45) is 11.8 Å². The highest BCUT2D eigenvalue weighted by molar-refractivity contribution is 5.38. The smallest absolute Gasteiger partial charge is 0.142 e. The number of hydrogen-bond donors (Lipinski definition) is 1. The Bertz CT molecular complexity index is 394. The van der Waals surface area contributed by atoms with Crippen LogP contribution in [-0.4, -0.2) is 11.5 Å². The van der Waals surface area contributed by atoms with Crippen LogP contribution < -0.4 is 5.32 Å². The lowest BCUT2D eigenvalue weighted by Crippen LogP contribution is -2.17. The number of anilines is 1. The van der Waals surface area contributed by atoms with E-state index >= 15 is 0 Å². The van der Waals surface area contributed by atoms with E-state index in [0.717, 1.165) is 24.2 Å². The number of nitrogens with one attached hydrogen (secondary N) is 1. The maximum Gasteiger partial charge on any atom is 0.142 e. The first-order valence-electron chi connectivity index (χ1n) is 5.90. The Morgan fingerprint density at radius 2 is 2.38 bits per heavy atom. The van der Waals surface area contributed by atoms with Gasteiger partial charge < -0.3 is 5.32 Å². The SMILES string of the molecule is CC1CCCC1CNc1cccc(C#N)n1. The summed E-state index contributed by atoms with van der Waals surface area (Å²) in [4.78, 5) is 4.21. The van der Waals surface area contributed by atoms with Crippen LogP contribution in [0.1, 0.15) is 31.9 Å². The van der Waals surface area contributed by atoms with Crippen molar-refractivity contribution in [1.82, 2.24) is 4.98 Å². The first-order valence-corrected chi connectivity index (χ1v) is 5.90. The van der Waals surface area contributed by atoms with Crippen molar-refractivity contribution in [1.29, 1.82) is 5.26 Å². The van der Waals surface area contributed by atoms with E-state index in [-0.39, 0.29) is 0 Å². The summed E-state index contributed by atoms with van der Waals surface area (Å²) < 4.78 is 0. The summed E-state index contributed by atoms with van der Waals surface area (Å²) in [6.45, 7) is 3.29.